The van der Waals surface area contributed by atoms with Crippen molar-refractivity contribution in [1.82, 2.24) is 4.72 Å². The Labute approximate surface area is 204 Å². The van der Waals surface area contributed by atoms with E-state index in [2.05, 4.69) is 10.0 Å². The van der Waals surface area contributed by atoms with Crippen LogP contribution in [-0.2, 0) is 14.8 Å². The molecule has 3 N–H and O–H groups in total. The molecule has 3 rings (SSSR count). The number of sulfonamides is 1. The molecule has 34 heavy (non-hydrogen) atoms. The molecule has 3 aromatic carbocycles. The molecule has 1 amide bonds. The Balaban J connectivity index is 1.90. The van der Waals surface area contributed by atoms with Gasteiger partial charge in [0.05, 0.1) is 15.5 Å². The Bertz CT molecular complexity index is 1290. The van der Waals surface area contributed by atoms with Crippen LogP contribution in [0.5, 0.6) is 0 Å². The lowest BCUT2D eigenvalue weighted by molar-refractivity contribution is -0.137. The van der Waals surface area contributed by atoms with Crippen molar-refractivity contribution in [3.05, 3.63) is 71.2 Å². The van der Waals surface area contributed by atoms with Crippen LogP contribution in [0.1, 0.15) is 49.4 Å². The summed E-state index contributed by atoms with van der Waals surface area (Å²) in [6.45, 7) is 1.95. The van der Waals surface area contributed by atoms with Gasteiger partial charge in [0, 0.05) is 28.9 Å². The molecule has 0 aliphatic heterocycles. The van der Waals surface area contributed by atoms with Crippen LogP contribution >= 0.6 is 11.6 Å². The average Bonchev–Trinajstić information content (AvgIpc) is 2.79. The minimum absolute atomic E-state index is 0.00923. The van der Waals surface area contributed by atoms with Gasteiger partial charge in [-0.2, -0.15) is 0 Å². The van der Waals surface area contributed by atoms with Gasteiger partial charge in [0.1, 0.15) is 0 Å². The Kier molecular flexibility index (Phi) is 8.66. The number of carboxylic acid groups (broad SMARTS) is 1. The van der Waals surface area contributed by atoms with Gasteiger partial charge >= 0.3 is 5.97 Å². The number of carbonyl (C=O) groups excluding carboxylic acids is 1. The SMILES string of the molecule is CCCC(CCCC(=O)O)NS(=O)(=O)c1ccc(NC(=O)c2ccccc2Cl)c2ccccc12. The zero-order valence-corrected chi connectivity index (χ0v) is 20.3. The molecule has 0 aliphatic rings. The monoisotopic (exact) mass is 502 g/mol. The number of halogens is 1. The molecule has 0 aromatic heterocycles. The molecule has 0 heterocycles. The molecule has 1 unspecified atom stereocenters. The Morgan fingerprint density at radius 3 is 2.32 bits per heavy atom. The number of aliphatic carboxylic acids is 1. The lowest BCUT2D eigenvalue weighted by Gasteiger charge is -2.19. The number of carboxylic acids is 1. The highest BCUT2D eigenvalue weighted by Gasteiger charge is 2.23. The van der Waals surface area contributed by atoms with Crippen molar-refractivity contribution in [2.75, 3.05) is 5.32 Å². The highest BCUT2D eigenvalue weighted by Crippen LogP contribution is 2.30. The molecule has 0 saturated carbocycles. The van der Waals surface area contributed by atoms with Gasteiger partial charge in [-0.3, -0.25) is 9.59 Å². The van der Waals surface area contributed by atoms with Gasteiger partial charge < -0.3 is 10.4 Å². The standard InChI is InChI=1S/C25H27ClN2O5S/c1-2-8-17(9-7-14-24(29)30)28-34(32,33)23-16-15-22(18-10-3-4-11-19(18)23)27-25(31)20-12-5-6-13-21(20)26/h3-6,10-13,15-17,28H,2,7-9,14H2,1H3,(H,27,31)(H,29,30). The van der Waals surface area contributed by atoms with E-state index in [0.717, 1.165) is 6.42 Å². The Hall–Kier alpha value is -2.94. The summed E-state index contributed by atoms with van der Waals surface area (Å²) in [5.41, 5.74) is 0.779. The molecule has 3 aromatic rings. The van der Waals surface area contributed by atoms with Crippen molar-refractivity contribution in [2.45, 2.75) is 50.0 Å². The van der Waals surface area contributed by atoms with Crippen LogP contribution in [0.25, 0.3) is 10.8 Å². The Morgan fingerprint density at radius 1 is 0.971 bits per heavy atom. The second-order valence-corrected chi connectivity index (χ2v) is 10.1. The van der Waals surface area contributed by atoms with Crippen molar-refractivity contribution >= 4 is 50.0 Å². The van der Waals surface area contributed by atoms with E-state index in [9.17, 15) is 18.0 Å². The number of anilines is 1. The molecular weight excluding hydrogens is 476 g/mol. The van der Waals surface area contributed by atoms with Gasteiger partial charge in [0.25, 0.3) is 5.91 Å². The molecular formula is C25H27ClN2O5S. The van der Waals surface area contributed by atoms with E-state index >= 15 is 0 Å². The highest BCUT2D eigenvalue weighted by molar-refractivity contribution is 7.89. The van der Waals surface area contributed by atoms with E-state index in [1.165, 1.54) is 6.07 Å². The van der Waals surface area contributed by atoms with Crippen LogP contribution in [0.15, 0.2) is 65.6 Å². The number of hydrogen-bond acceptors (Lipinski definition) is 4. The van der Waals surface area contributed by atoms with Gasteiger partial charge in [-0.05, 0) is 43.5 Å². The van der Waals surface area contributed by atoms with Crippen LogP contribution in [0.2, 0.25) is 5.02 Å². The predicted molar refractivity (Wildman–Crippen MR) is 134 cm³/mol. The third-order valence-corrected chi connectivity index (χ3v) is 7.35. The largest absolute Gasteiger partial charge is 0.481 e. The van der Waals surface area contributed by atoms with Crippen LogP contribution in [0.4, 0.5) is 5.69 Å². The molecule has 9 heteroatoms. The summed E-state index contributed by atoms with van der Waals surface area (Å²) in [6, 6.07) is 16.3. The van der Waals surface area contributed by atoms with Gasteiger partial charge in [0.2, 0.25) is 10.0 Å². The summed E-state index contributed by atoms with van der Waals surface area (Å²) < 4.78 is 29.3. The van der Waals surface area contributed by atoms with Crippen LogP contribution in [-0.4, -0.2) is 31.4 Å². The van der Waals surface area contributed by atoms with Crippen molar-refractivity contribution in [3.8, 4) is 0 Å². The van der Waals surface area contributed by atoms with E-state index in [1.54, 1.807) is 54.6 Å². The smallest absolute Gasteiger partial charge is 0.303 e. The molecule has 1 atom stereocenters. The first-order valence-corrected chi connectivity index (χ1v) is 12.9. The third kappa shape index (κ3) is 6.34. The highest BCUT2D eigenvalue weighted by atomic mass is 35.5. The molecule has 7 nitrogen and oxygen atoms in total. The molecule has 0 saturated heterocycles. The van der Waals surface area contributed by atoms with E-state index in [0.29, 0.717) is 46.3 Å². The summed E-state index contributed by atoms with van der Waals surface area (Å²) in [4.78, 5) is 23.7. The van der Waals surface area contributed by atoms with Crippen LogP contribution in [0, 0.1) is 0 Å². The first kappa shape index (κ1) is 25.7. The van der Waals surface area contributed by atoms with Gasteiger partial charge in [0.15, 0.2) is 0 Å². The topological polar surface area (TPSA) is 113 Å². The normalized spacial score (nSPS) is 12.4. The Morgan fingerprint density at radius 2 is 1.65 bits per heavy atom. The van der Waals surface area contributed by atoms with Gasteiger partial charge in [-0.25, -0.2) is 13.1 Å². The fourth-order valence-corrected chi connectivity index (χ4v) is 5.58. The summed E-state index contributed by atoms with van der Waals surface area (Å²) >= 11 is 6.14. The molecule has 0 spiro atoms. The van der Waals surface area contributed by atoms with Gasteiger partial charge in [-0.15, -0.1) is 0 Å². The van der Waals surface area contributed by atoms with Crippen LogP contribution < -0.4 is 10.0 Å². The van der Waals surface area contributed by atoms with Crippen LogP contribution in [0.3, 0.4) is 0 Å². The summed E-state index contributed by atoms with van der Waals surface area (Å²) in [5.74, 6) is -1.30. The number of hydrogen-bond donors (Lipinski definition) is 3. The maximum atomic E-state index is 13.3. The number of amides is 1. The molecule has 0 fully saturated rings. The second-order valence-electron chi connectivity index (χ2n) is 7.98. The van der Waals surface area contributed by atoms with Crippen molar-refractivity contribution in [2.24, 2.45) is 0 Å². The molecule has 0 bridgehead atoms. The van der Waals surface area contributed by atoms with E-state index < -0.39 is 21.9 Å². The van der Waals surface area contributed by atoms with Crippen molar-refractivity contribution < 1.29 is 23.1 Å². The fourth-order valence-electron chi connectivity index (χ4n) is 3.84. The number of carbonyl (C=O) groups is 2. The lowest BCUT2D eigenvalue weighted by Crippen LogP contribution is -2.35. The number of rotatable bonds is 11. The first-order chi connectivity index (χ1) is 16.2. The number of benzene rings is 3. The van der Waals surface area contributed by atoms with E-state index in [4.69, 9.17) is 16.7 Å². The maximum Gasteiger partial charge on any atom is 0.303 e. The number of nitrogens with one attached hydrogen (secondary N) is 2. The van der Waals surface area contributed by atoms with Crippen molar-refractivity contribution in [1.29, 1.82) is 0 Å². The zero-order valence-electron chi connectivity index (χ0n) is 18.8. The average molecular weight is 503 g/mol. The zero-order chi connectivity index (χ0) is 24.7. The van der Waals surface area contributed by atoms with Gasteiger partial charge in [-0.1, -0.05) is 61.3 Å². The predicted octanol–water partition coefficient (Wildman–Crippen LogP) is 5.45. The quantitative estimate of drug-likeness (QED) is 0.323. The lowest BCUT2D eigenvalue weighted by atomic mass is 10.1. The molecule has 180 valence electrons. The fraction of sp³-hybridized carbons (Fsp3) is 0.280. The number of fused-ring (bicyclic) bond motifs is 1. The molecule has 0 aliphatic carbocycles. The minimum Gasteiger partial charge on any atom is -0.481 e. The first-order valence-electron chi connectivity index (χ1n) is 11.0. The maximum absolute atomic E-state index is 13.3. The second kappa shape index (κ2) is 11.5. The van der Waals surface area contributed by atoms with Crippen molar-refractivity contribution in [3.63, 3.8) is 0 Å². The third-order valence-electron chi connectivity index (χ3n) is 5.44. The van der Waals surface area contributed by atoms with E-state index in [1.807, 2.05) is 6.92 Å². The summed E-state index contributed by atoms with van der Waals surface area (Å²) in [6.07, 6.45) is 2.17. The molecule has 0 radical (unpaired) electrons. The minimum atomic E-state index is -3.89. The van der Waals surface area contributed by atoms with E-state index in [-0.39, 0.29) is 17.4 Å². The summed E-state index contributed by atoms with van der Waals surface area (Å²) in [7, 11) is -3.89. The summed E-state index contributed by atoms with van der Waals surface area (Å²) in [5, 5.41) is 13.1.